The minimum absolute atomic E-state index is 0.0576. The Bertz CT molecular complexity index is 1350. The number of methoxy groups -OCH3 is 1. The summed E-state index contributed by atoms with van der Waals surface area (Å²) in [6.45, 7) is 1.83. The Kier molecular flexibility index (Phi) is 8.48. The summed E-state index contributed by atoms with van der Waals surface area (Å²) in [4.78, 5) is 29.3. The van der Waals surface area contributed by atoms with Gasteiger partial charge in [0.25, 0.3) is 11.8 Å². The first-order valence-corrected chi connectivity index (χ1v) is 12.5. The summed E-state index contributed by atoms with van der Waals surface area (Å²) >= 11 is 17.7. The largest absolute Gasteiger partial charge is 0.496 e. The highest BCUT2D eigenvalue weighted by Gasteiger charge is 2.25. The van der Waals surface area contributed by atoms with Gasteiger partial charge in [-0.3, -0.25) is 14.9 Å². The third kappa shape index (κ3) is 6.30. The van der Waals surface area contributed by atoms with Crippen molar-refractivity contribution < 1.29 is 18.7 Å². The summed E-state index contributed by atoms with van der Waals surface area (Å²) < 4.78 is 19.3. The van der Waals surface area contributed by atoms with E-state index in [0.717, 1.165) is 5.69 Å². The number of hydrogen-bond donors (Lipinski definition) is 2. The summed E-state index contributed by atoms with van der Waals surface area (Å²) in [5.41, 5.74) is 1.67. The molecule has 0 radical (unpaired) electrons. The Hall–Kier alpha value is -3.40. The SMILES string of the molecule is COc1ccc(Cl)cc1C(=O)NC(=S)Nc1cc(Cl)ccc1N1CCN(C(=O)c2ccccc2F)CC1. The van der Waals surface area contributed by atoms with Crippen molar-refractivity contribution in [2.75, 3.05) is 43.5 Å². The maximum absolute atomic E-state index is 14.1. The third-order valence-electron chi connectivity index (χ3n) is 5.85. The van der Waals surface area contributed by atoms with Crippen molar-refractivity contribution in [3.8, 4) is 5.75 Å². The quantitative estimate of drug-likeness (QED) is 0.416. The fourth-order valence-electron chi connectivity index (χ4n) is 4.02. The van der Waals surface area contributed by atoms with Crippen LogP contribution in [0.25, 0.3) is 0 Å². The summed E-state index contributed by atoms with van der Waals surface area (Å²) in [5, 5.41) is 6.59. The maximum atomic E-state index is 14.1. The molecular weight excluding hydrogens is 538 g/mol. The second-order valence-electron chi connectivity index (χ2n) is 8.17. The number of amides is 2. The molecule has 0 aliphatic carbocycles. The third-order valence-corrected chi connectivity index (χ3v) is 6.53. The predicted octanol–water partition coefficient (Wildman–Crippen LogP) is 5.23. The lowest BCUT2D eigenvalue weighted by atomic mass is 10.1. The van der Waals surface area contributed by atoms with Crippen LogP contribution < -0.4 is 20.3 Å². The summed E-state index contributed by atoms with van der Waals surface area (Å²) in [5.74, 6) is -1.01. The molecule has 1 fully saturated rings. The number of nitrogens with zero attached hydrogens (tertiary/aromatic N) is 2. The standard InChI is InChI=1S/C26H23Cl2FN4O3S/c1-36-23-9-7-16(27)14-19(23)24(34)31-26(37)30-21-15-17(28)6-8-22(21)32-10-12-33(13-11-32)25(35)18-4-2-3-5-20(18)29/h2-9,14-15H,10-13H2,1H3,(H2,30,31,34,37). The number of nitrogens with one attached hydrogen (secondary N) is 2. The first kappa shape index (κ1) is 26.7. The predicted molar refractivity (Wildman–Crippen MR) is 148 cm³/mol. The number of hydrogen-bond acceptors (Lipinski definition) is 5. The zero-order valence-electron chi connectivity index (χ0n) is 19.8. The molecule has 11 heteroatoms. The molecular formula is C26H23Cl2FN4O3S. The molecule has 0 unspecified atom stereocenters. The number of benzene rings is 3. The Morgan fingerprint density at radius 1 is 0.946 bits per heavy atom. The van der Waals surface area contributed by atoms with Gasteiger partial charge in [0.1, 0.15) is 11.6 Å². The molecule has 1 heterocycles. The van der Waals surface area contributed by atoms with Crippen LogP contribution in [0.5, 0.6) is 5.75 Å². The van der Waals surface area contributed by atoms with Crippen molar-refractivity contribution in [1.29, 1.82) is 0 Å². The topological polar surface area (TPSA) is 73.9 Å². The number of rotatable bonds is 5. The lowest BCUT2D eigenvalue weighted by Gasteiger charge is -2.37. The number of halogens is 3. The molecule has 3 aromatic rings. The van der Waals surface area contributed by atoms with E-state index >= 15 is 0 Å². The zero-order valence-corrected chi connectivity index (χ0v) is 22.1. The molecule has 3 aromatic carbocycles. The number of ether oxygens (including phenoxy) is 1. The van der Waals surface area contributed by atoms with E-state index < -0.39 is 11.7 Å². The van der Waals surface area contributed by atoms with E-state index in [1.54, 1.807) is 41.3 Å². The molecule has 1 aliphatic rings. The molecule has 7 nitrogen and oxygen atoms in total. The second-order valence-corrected chi connectivity index (χ2v) is 9.45. The number of thiocarbonyl (C=S) groups is 1. The minimum Gasteiger partial charge on any atom is -0.496 e. The summed E-state index contributed by atoms with van der Waals surface area (Å²) in [6.07, 6.45) is 0. The van der Waals surface area contributed by atoms with Crippen LogP contribution in [0.4, 0.5) is 15.8 Å². The van der Waals surface area contributed by atoms with E-state index in [9.17, 15) is 14.0 Å². The average molecular weight is 561 g/mol. The number of piperazine rings is 1. The first-order valence-electron chi connectivity index (χ1n) is 11.3. The van der Waals surface area contributed by atoms with Gasteiger partial charge in [0.2, 0.25) is 0 Å². The monoisotopic (exact) mass is 560 g/mol. The summed E-state index contributed by atoms with van der Waals surface area (Å²) in [7, 11) is 1.46. The molecule has 192 valence electrons. The van der Waals surface area contributed by atoms with Gasteiger partial charge >= 0.3 is 0 Å². The Labute approximate surface area is 229 Å². The normalized spacial score (nSPS) is 13.2. The smallest absolute Gasteiger partial charge is 0.261 e. The molecule has 2 amide bonds. The van der Waals surface area contributed by atoms with E-state index in [-0.39, 0.29) is 22.1 Å². The van der Waals surface area contributed by atoms with E-state index in [4.69, 9.17) is 40.2 Å². The van der Waals surface area contributed by atoms with Gasteiger partial charge < -0.3 is 19.9 Å². The molecule has 4 rings (SSSR count). The molecule has 0 spiro atoms. The lowest BCUT2D eigenvalue weighted by Crippen LogP contribution is -2.49. The van der Waals surface area contributed by atoms with Crippen LogP contribution in [0.2, 0.25) is 10.0 Å². The van der Waals surface area contributed by atoms with Crippen LogP contribution in [0.1, 0.15) is 20.7 Å². The number of anilines is 2. The van der Waals surface area contributed by atoms with Crippen molar-refractivity contribution in [2.24, 2.45) is 0 Å². The Morgan fingerprint density at radius 2 is 1.62 bits per heavy atom. The molecule has 1 aliphatic heterocycles. The highest BCUT2D eigenvalue weighted by molar-refractivity contribution is 7.80. The number of carbonyl (C=O) groups is 2. The molecule has 37 heavy (non-hydrogen) atoms. The van der Waals surface area contributed by atoms with Crippen molar-refractivity contribution in [2.45, 2.75) is 0 Å². The van der Waals surface area contributed by atoms with Gasteiger partial charge in [-0.05, 0) is 60.7 Å². The Morgan fingerprint density at radius 3 is 2.32 bits per heavy atom. The van der Waals surface area contributed by atoms with Gasteiger partial charge in [0, 0.05) is 36.2 Å². The highest BCUT2D eigenvalue weighted by Crippen LogP contribution is 2.30. The Balaban J connectivity index is 1.44. The zero-order chi connectivity index (χ0) is 26.5. The highest BCUT2D eigenvalue weighted by atomic mass is 35.5. The van der Waals surface area contributed by atoms with Gasteiger partial charge in [0.15, 0.2) is 5.11 Å². The van der Waals surface area contributed by atoms with Gasteiger partial charge in [-0.25, -0.2) is 4.39 Å². The van der Waals surface area contributed by atoms with Crippen LogP contribution >= 0.6 is 35.4 Å². The number of carbonyl (C=O) groups excluding carboxylic acids is 2. The van der Waals surface area contributed by atoms with Gasteiger partial charge in [-0.1, -0.05) is 35.3 Å². The molecule has 2 N–H and O–H groups in total. The van der Waals surface area contributed by atoms with Crippen LogP contribution in [0.3, 0.4) is 0 Å². The van der Waals surface area contributed by atoms with Crippen molar-refractivity contribution >= 4 is 63.7 Å². The maximum Gasteiger partial charge on any atom is 0.261 e. The van der Waals surface area contributed by atoms with Crippen molar-refractivity contribution in [1.82, 2.24) is 10.2 Å². The van der Waals surface area contributed by atoms with Crippen LogP contribution in [0.15, 0.2) is 60.7 Å². The summed E-state index contributed by atoms with van der Waals surface area (Å²) in [6, 6.07) is 16.0. The minimum atomic E-state index is -0.537. The fraction of sp³-hybridized carbons (Fsp3) is 0.192. The first-order chi connectivity index (χ1) is 17.8. The average Bonchev–Trinajstić information content (AvgIpc) is 2.88. The van der Waals surface area contributed by atoms with E-state index in [1.165, 1.54) is 25.3 Å². The molecule has 0 atom stereocenters. The molecule has 0 saturated carbocycles. The van der Waals surface area contributed by atoms with E-state index in [1.807, 2.05) is 6.07 Å². The van der Waals surface area contributed by atoms with Crippen LogP contribution in [-0.4, -0.2) is 55.1 Å². The van der Waals surface area contributed by atoms with Gasteiger partial charge in [-0.2, -0.15) is 0 Å². The second kappa shape index (κ2) is 11.8. The van der Waals surface area contributed by atoms with Crippen LogP contribution in [0, 0.1) is 5.82 Å². The molecule has 0 bridgehead atoms. The molecule has 1 saturated heterocycles. The van der Waals surface area contributed by atoms with Crippen LogP contribution in [-0.2, 0) is 0 Å². The fourth-order valence-corrected chi connectivity index (χ4v) is 4.57. The van der Waals surface area contributed by atoms with Crippen molar-refractivity contribution in [3.63, 3.8) is 0 Å². The van der Waals surface area contributed by atoms with Gasteiger partial charge in [0.05, 0.1) is 29.6 Å². The van der Waals surface area contributed by atoms with Crippen molar-refractivity contribution in [3.05, 3.63) is 87.7 Å². The van der Waals surface area contributed by atoms with Gasteiger partial charge in [-0.15, -0.1) is 0 Å². The van der Waals surface area contributed by atoms with E-state index in [2.05, 4.69) is 15.5 Å². The molecule has 0 aromatic heterocycles. The lowest BCUT2D eigenvalue weighted by molar-refractivity contribution is 0.0742. The van der Waals surface area contributed by atoms with E-state index in [0.29, 0.717) is 47.7 Å².